The van der Waals surface area contributed by atoms with E-state index in [2.05, 4.69) is 15.0 Å². The maximum absolute atomic E-state index is 13.7. The Morgan fingerprint density at radius 3 is 2.83 bits per heavy atom. The van der Waals surface area contributed by atoms with Gasteiger partial charge in [-0.15, -0.1) is 0 Å². The molecule has 1 saturated heterocycles. The molecule has 0 N–H and O–H groups in total. The molecule has 0 saturated carbocycles. The van der Waals surface area contributed by atoms with E-state index in [9.17, 15) is 4.39 Å². The van der Waals surface area contributed by atoms with Gasteiger partial charge in [0, 0.05) is 13.1 Å². The highest BCUT2D eigenvalue weighted by Crippen LogP contribution is 2.17. The van der Waals surface area contributed by atoms with Crippen LogP contribution in [0.3, 0.4) is 0 Å². The number of hydrogen-bond acceptors (Lipinski definition) is 5. The van der Waals surface area contributed by atoms with Crippen LogP contribution in [0.15, 0.2) is 41.5 Å². The summed E-state index contributed by atoms with van der Waals surface area (Å²) in [4.78, 5) is 13.9. The number of ether oxygens (including phenoxy) is 2. The fraction of sp³-hybridized carbons (Fsp3) is 0.312. The predicted molar refractivity (Wildman–Crippen MR) is 83.3 cm³/mol. The minimum absolute atomic E-state index is 0.0328. The second-order valence-corrected chi connectivity index (χ2v) is 4.99. The molecular weight excluding hydrogens is 299 g/mol. The summed E-state index contributed by atoms with van der Waals surface area (Å²) in [6.45, 7) is 3.06. The molecule has 2 aromatic rings. The van der Waals surface area contributed by atoms with Crippen molar-refractivity contribution in [3.63, 3.8) is 0 Å². The number of nitrogens with zero attached hydrogens (tertiary/aromatic N) is 4. The Hall–Kier alpha value is -2.54. The lowest BCUT2D eigenvalue weighted by Gasteiger charge is -2.23. The van der Waals surface area contributed by atoms with Crippen molar-refractivity contribution in [2.45, 2.75) is 6.61 Å². The molecule has 1 aliphatic heterocycles. The molecular formula is C16H17FN4O2. The van der Waals surface area contributed by atoms with Gasteiger partial charge in [-0.2, -0.15) is 4.98 Å². The van der Waals surface area contributed by atoms with Gasteiger partial charge in [-0.1, -0.05) is 30.3 Å². The lowest BCUT2D eigenvalue weighted by atomic mass is 10.2. The van der Waals surface area contributed by atoms with Crippen LogP contribution in [-0.4, -0.2) is 47.5 Å². The monoisotopic (exact) mass is 316 g/mol. The van der Waals surface area contributed by atoms with Gasteiger partial charge in [-0.05, 0) is 5.56 Å². The quantitative estimate of drug-likeness (QED) is 0.625. The number of rotatable bonds is 5. The summed E-state index contributed by atoms with van der Waals surface area (Å²) in [5.41, 5.74) is 0.985. The lowest BCUT2D eigenvalue weighted by Crippen LogP contribution is -2.35. The highest BCUT2D eigenvalue weighted by Gasteiger charge is 2.09. The van der Waals surface area contributed by atoms with Crippen molar-refractivity contribution in [1.82, 2.24) is 14.9 Å². The molecule has 1 aromatic heterocycles. The van der Waals surface area contributed by atoms with Crippen molar-refractivity contribution in [1.29, 1.82) is 0 Å². The number of benzene rings is 1. The minimum Gasteiger partial charge on any atom is -0.459 e. The third-order valence-electron chi connectivity index (χ3n) is 3.30. The molecule has 0 radical (unpaired) electrons. The number of hydrogen-bond donors (Lipinski definition) is 0. The van der Waals surface area contributed by atoms with Crippen LogP contribution in [0.25, 0.3) is 0 Å². The normalized spacial score (nSPS) is 15.1. The summed E-state index contributed by atoms with van der Waals surface area (Å²) < 4.78 is 24.5. The average Bonchev–Trinajstić information content (AvgIpc) is 2.62. The summed E-state index contributed by atoms with van der Waals surface area (Å²) in [7, 11) is 0. The zero-order chi connectivity index (χ0) is 15.9. The van der Waals surface area contributed by atoms with Crippen LogP contribution in [-0.2, 0) is 11.3 Å². The second-order valence-electron chi connectivity index (χ2n) is 4.99. The SMILES string of the molecule is Fc1cnc(OCc2ccccc2)nc1/N=C/N1CCOCC1. The standard InChI is InChI=1S/C16H17FN4O2/c17-14-10-18-16(23-11-13-4-2-1-3-5-13)20-15(14)19-12-21-6-8-22-9-7-21/h1-5,10,12H,6-9,11H2/b19-12+. The van der Waals surface area contributed by atoms with E-state index in [1.807, 2.05) is 35.2 Å². The topological polar surface area (TPSA) is 59.8 Å². The van der Waals surface area contributed by atoms with Crippen molar-refractivity contribution < 1.29 is 13.9 Å². The van der Waals surface area contributed by atoms with Crippen molar-refractivity contribution in [3.8, 4) is 6.01 Å². The number of aliphatic imine (C=N–C) groups is 1. The van der Waals surface area contributed by atoms with Crippen LogP contribution < -0.4 is 4.74 Å². The van der Waals surface area contributed by atoms with E-state index in [1.54, 1.807) is 6.34 Å². The van der Waals surface area contributed by atoms with Gasteiger partial charge >= 0.3 is 6.01 Å². The Kier molecular flexibility index (Phi) is 5.10. The molecule has 0 atom stereocenters. The van der Waals surface area contributed by atoms with Crippen LogP contribution >= 0.6 is 0 Å². The summed E-state index contributed by atoms with van der Waals surface area (Å²) in [5.74, 6) is -0.615. The molecule has 0 unspecified atom stereocenters. The van der Waals surface area contributed by atoms with Crippen LogP contribution in [0, 0.1) is 5.82 Å². The highest BCUT2D eigenvalue weighted by molar-refractivity contribution is 5.60. The minimum atomic E-state index is -0.582. The van der Waals surface area contributed by atoms with E-state index in [-0.39, 0.29) is 11.8 Å². The first kappa shape index (κ1) is 15.4. The van der Waals surface area contributed by atoms with Gasteiger partial charge in [-0.3, -0.25) is 0 Å². The number of halogens is 1. The Morgan fingerprint density at radius 1 is 1.26 bits per heavy atom. The van der Waals surface area contributed by atoms with Gasteiger partial charge in [0.05, 0.1) is 25.7 Å². The molecule has 0 spiro atoms. The molecule has 0 bridgehead atoms. The van der Waals surface area contributed by atoms with Gasteiger partial charge in [-0.25, -0.2) is 14.4 Å². The fourth-order valence-electron chi connectivity index (χ4n) is 2.05. The average molecular weight is 316 g/mol. The molecule has 1 fully saturated rings. The molecule has 0 amide bonds. The van der Waals surface area contributed by atoms with Crippen molar-refractivity contribution in [3.05, 3.63) is 47.9 Å². The molecule has 1 aliphatic rings. The summed E-state index contributed by atoms with van der Waals surface area (Å²) in [6, 6.07) is 9.73. The van der Waals surface area contributed by atoms with Crippen LogP contribution in [0.2, 0.25) is 0 Å². The summed E-state index contributed by atoms with van der Waals surface area (Å²) in [6.07, 6.45) is 2.65. The van der Waals surface area contributed by atoms with Gasteiger partial charge in [0.1, 0.15) is 6.61 Å². The number of aromatic nitrogens is 2. The van der Waals surface area contributed by atoms with Gasteiger partial charge in [0.2, 0.25) is 0 Å². The maximum atomic E-state index is 13.7. The van der Waals surface area contributed by atoms with E-state index in [1.165, 1.54) is 0 Å². The lowest BCUT2D eigenvalue weighted by molar-refractivity contribution is 0.0701. The zero-order valence-electron chi connectivity index (χ0n) is 12.6. The Labute approximate surface area is 133 Å². The van der Waals surface area contributed by atoms with Crippen LogP contribution in [0.1, 0.15) is 5.56 Å². The summed E-state index contributed by atoms with van der Waals surface area (Å²) in [5, 5.41) is 0. The molecule has 2 heterocycles. The largest absolute Gasteiger partial charge is 0.459 e. The molecule has 0 aliphatic carbocycles. The van der Waals surface area contributed by atoms with E-state index in [4.69, 9.17) is 9.47 Å². The van der Waals surface area contributed by atoms with Crippen LogP contribution in [0.4, 0.5) is 10.2 Å². The number of morpholine rings is 1. The summed E-state index contributed by atoms with van der Waals surface area (Å²) >= 11 is 0. The smallest absolute Gasteiger partial charge is 0.318 e. The van der Waals surface area contributed by atoms with Crippen LogP contribution in [0.5, 0.6) is 6.01 Å². The fourth-order valence-corrected chi connectivity index (χ4v) is 2.05. The molecule has 120 valence electrons. The maximum Gasteiger partial charge on any atom is 0.318 e. The first-order chi connectivity index (χ1) is 11.3. The van der Waals surface area contributed by atoms with Crippen molar-refractivity contribution in [2.75, 3.05) is 26.3 Å². The third kappa shape index (κ3) is 4.46. The zero-order valence-corrected chi connectivity index (χ0v) is 12.6. The third-order valence-corrected chi connectivity index (χ3v) is 3.30. The second kappa shape index (κ2) is 7.64. The van der Waals surface area contributed by atoms with Crippen molar-refractivity contribution in [2.24, 2.45) is 4.99 Å². The van der Waals surface area contributed by atoms with Gasteiger partial charge in [0.25, 0.3) is 0 Å². The first-order valence-corrected chi connectivity index (χ1v) is 7.36. The first-order valence-electron chi connectivity index (χ1n) is 7.36. The van der Waals surface area contributed by atoms with E-state index < -0.39 is 5.82 Å². The van der Waals surface area contributed by atoms with Crippen molar-refractivity contribution >= 4 is 12.2 Å². The predicted octanol–water partition coefficient (Wildman–Crippen LogP) is 2.19. The molecule has 1 aromatic carbocycles. The van der Waals surface area contributed by atoms with Gasteiger partial charge in [0.15, 0.2) is 11.6 Å². The van der Waals surface area contributed by atoms with Gasteiger partial charge < -0.3 is 14.4 Å². The molecule has 23 heavy (non-hydrogen) atoms. The van der Waals surface area contributed by atoms with E-state index in [0.29, 0.717) is 19.8 Å². The highest BCUT2D eigenvalue weighted by atomic mass is 19.1. The van der Waals surface area contributed by atoms with E-state index >= 15 is 0 Å². The molecule has 3 rings (SSSR count). The molecule has 6 nitrogen and oxygen atoms in total. The Bertz CT molecular complexity index is 660. The molecule has 7 heteroatoms. The Balaban J connectivity index is 1.65. The van der Waals surface area contributed by atoms with E-state index in [0.717, 1.165) is 24.8 Å². The Morgan fingerprint density at radius 2 is 2.04 bits per heavy atom.